The van der Waals surface area contributed by atoms with Crippen molar-refractivity contribution in [1.82, 2.24) is 19.8 Å². The Bertz CT molecular complexity index is 587. The van der Waals surface area contributed by atoms with Crippen LogP contribution >= 0.6 is 0 Å². The third kappa shape index (κ3) is 3.33. The molecular weight excluding hydrogens is 304 g/mol. The van der Waals surface area contributed by atoms with Crippen molar-refractivity contribution >= 4 is 10.0 Å². The average molecular weight is 328 g/mol. The van der Waals surface area contributed by atoms with Gasteiger partial charge in [0.2, 0.25) is 21.8 Å². The number of rotatable bonds is 4. The van der Waals surface area contributed by atoms with E-state index in [9.17, 15) is 8.42 Å². The fourth-order valence-electron chi connectivity index (χ4n) is 3.20. The van der Waals surface area contributed by atoms with E-state index >= 15 is 0 Å². The quantitative estimate of drug-likeness (QED) is 0.889. The second-order valence-electron chi connectivity index (χ2n) is 6.10. The SMILES string of the molecule is CCS(=O)(=O)N1CCC(c2nnc([C@H]3CCCNC3)o2)CC1. The molecule has 3 heterocycles. The Labute approximate surface area is 131 Å². The van der Waals surface area contributed by atoms with Crippen LogP contribution in [0.4, 0.5) is 0 Å². The molecule has 0 aliphatic carbocycles. The molecule has 0 spiro atoms. The molecule has 1 atom stereocenters. The Hall–Kier alpha value is -0.990. The van der Waals surface area contributed by atoms with Crippen molar-refractivity contribution in [3.8, 4) is 0 Å². The largest absolute Gasteiger partial charge is 0.425 e. The van der Waals surface area contributed by atoms with Crippen molar-refractivity contribution < 1.29 is 12.8 Å². The molecule has 1 aromatic rings. The molecule has 3 rings (SSSR count). The molecule has 1 aromatic heterocycles. The molecule has 22 heavy (non-hydrogen) atoms. The van der Waals surface area contributed by atoms with E-state index in [1.807, 2.05) is 0 Å². The number of nitrogens with one attached hydrogen (secondary N) is 1. The molecular formula is C14H24N4O3S. The lowest BCUT2D eigenvalue weighted by molar-refractivity contribution is 0.280. The van der Waals surface area contributed by atoms with E-state index < -0.39 is 10.0 Å². The van der Waals surface area contributed by atoms with Gasteiger partial charge < -0.3 is 9.73 Å². The highest BCUT2D eigenvalue weighted by atomic mass is 32.2. The molecule has 124 valence electrons. The summed E-state index contributed by atoms with van der Waals surface area (Å²) in [5.41, 5.74) is 0. The Morgan fingerprint density at radius 1 is 1.18 bits per heavy atom. The maximum atomic E-state index is 11.9. The van der Waals surface area contributed by atoms with Gasteiger partial charge in [-0.2, -0.15) is 0 Å². The number of hydrogen-bond acceptors (Lipinski definition) is 6. The van der Waals surface area contributed by atoms with Gasteiger partial charge in [0.1, 0.15) is 0 Å². The Morgan fingerprint density at radius 3 is 2.45 bits per heavy atom. The van der Waals surface area contributed by atoms with Crippen LogP contribution in [0.25, 0.3) is 0 Å². The highest BCUT2D eigenvalue weighted by Crippen LogP contribution is 2.30. The predicted molar refractivity (Wildman–Crippen MR) is 82.2 cm³/mol. The average Bonchev–Trinajstić information content (AvgIpc) is 3.06. The molecule has 2 saturated heterocycles. The monoisotopic (exact) mass is 328 g/mol. The van der Waals surface area contributed by atoms with E-state index in [-0.39, 0.29) is 11.7 Å². The van der Waals surface area contributed by atoms with Gasteiger partial charge in [-0.25, -0.2) is 12.7 Å². The second-order valence-corrected chi connectivity index (χ2v) is 8.35. The normalized spacial score (nSPS) is 25.4. The molecule has 0 unspecified atom stereocenters. The summed E-state index contributed by atoms with van der Waals surface area (Å²) in [6.45, 7) is 4.73. The standard InChI is InChI=1S/C14H24N4O3S/c1-2-22(19,20)18-8-5-11(6-9-18)13-16-17-14(21-13)12-4-3-7-15-10-12/h11-12,15H,2-10H2,1H3/t12-/m0/s1. The Kier molecular flexibility index (Phi) is 4.79. The molecule has 2 aliphatic heterocycles. The van der Waals surface area contributed by atoms with Crippen LogP contribution in [0, 0.1) is 0 Å². The summed E-state index contributed by atoms with van der Waals surface area (Å²) in [5.74, 6) is 2.06. The van der Waals surface area contributed by atoms with Crippen molar-refractivity contribution in [2.45, 2.75) is 44.4 Å². The zero-order valence-electron chi connectivity index (χ0n) is 13.0. The first-order chi connectivity index (χ1) is 10.6. The highest BCUT2D eigenvalue weighted by molar-refractivity contribution is 7.89. The summed E-state index contributed by atoms with van der Waals surface area (Å²) in [6, 6.07) is 0. The smallest absolute Gasteiger partial charge is 0.220 e. The van der Waals surface area contributed by atoms with E-state index in [1.165, 1.54) is 0 Å². The molecule has 2 aliphatic rings. The van der Waals surface area contributed by atoms with Crippen LogP contribution < -0.4 is 5.32 Å². The molecule has 0 bridgehead atoms. The molecule has 0 amide bonds. The third-order valence-corrected chi connectivity index (χ3v) is 6.55. The van der Waals surface area contributed by atoms with E-state index in [4.69, 9.17) is 4.42 Å². The number of aromatic nitrogens is 2. The number of nitrogens with zero attached hydrogens (tertiary/aromatic N) is 3. The lowest BCUT2D eigenvalue weighted by atomic mass is 9.98. The van der Waals surface area contributed by atoms with Gasteiger partial charge in [-0.05, 0) is 39.2 Å². The van der Waals surface area contributed by atoms with Gasteiger partial charge in [0.15, 0.2) is 0 Å². The topological polar surface area (TPSA) is 88.3 Å². The first-order valence-corrected chi connectivity index (χ1v) is 9.73. The molecule has 8 heteroatoms. The molecule has 0 saturated carbocycles. The van der Waals surface area contributed by atoms with Gasteiger partial charge in [-0.3, -0.25) is 0 Å². The Balaban J connectivity index is 1.61. The maximum absolute atomic E-state index is 11.9. The van der Waals surface area contributed by atoms with E-state index in [1.54, 1.807) is 11.2 Å². The highest BCUT2D eigenvalue weighted by Gasteiger charge is 2.31. The summed E-state index contributed by atoms with van der Waals surface area (Å²) < 4.78 is 31.2. The van der Waals surface area contributed by atoms with Crippen LogP contribution in [0.15, 0.2) is 4.42 Å². The van der Waals surface area contributed by atoms with Crippen LogP contribution in [0.3, 0.4) is 0 Å². The number of sulfonamides is 1. The summed E-state index contributed by atoms with van der Waals surface area (Å²) >= 11 is 0. The van der Waals surface area contributed by atoms with E-state index in [2.05, 4.69) is 15.5 Å². The second kappa shape index (κ2) is 6.64. The van der Waals surface area contributed by atoms with Gasteiger partial charge >= 0.3 is 0 Å². The van der Waals surface area contributed by atoms with Crippen LogP contribution in [0.5, 0.6) is 0 Å². The first-order valence-electron chi connectivity index (χ1n) is 8.12. The summed E-state index contributed by atoms with van der Waals surface area (Å²) in [5, 5.41) is 11.8. The molecule has 0 aromatic carbocycles. The van der Waals surface area contributed by atoms with Crippen LogP contribution in [0.1, 0.15) is 56.2 Å². The van der Waals surface area contributed by atoms with Crippen molar-refractivity contribution in [2.75, 3.05) is 31.9 Å². The minimum atomic E-state index is -3.08. The van der Waals surface area contributed by atoms with Crippen molar-refractivity contribution in [1.29, 1.82) is 0 Å². The van der Waals surface area contributed by atoms with Crippen LogP contribution in [0.2, 0.25) is 0 Å². The maximum Gasteiger partial charge on any atom is 0.220 e. The van der Waals surface area contributed by atoms with E-state index in [0.717, 1.165) is 44.7 Å². The fourth-order valence-corrected chi connectivity index (χ4v) is 4.33. The van der Waals surface area contributed by atoms with E-state index in [0.29, 0.717) is 24.9 Å². The van der Waals surface area contributed by atoms with Crippen molar-refractivity contribution in [3.05, 3.63) is 11.8 Å². The zero-order chi connectivity index (χ0) is 15.6. The van der Waals surface area contributed by atoms with Gasteiger partial charge in [0.05, 0.1) is 5.75 Å². The predicted octanol–water partition coefficient (Wildman–Crippen LogP) is 1.07. The number of hydrogen-bond donors (Lipinski definition) is 1. The van der Waals surface area contributed by atoms with Gasteiger partial charge in [-0.1, -0.05) is 0 Å². The lowest BCUT2D eigenvalue weighted by Crippen LogP contribution is -2.38. The zero-order valence-corrected chi connectivity index (χ0v) is 13.8. The molecule has 2 fully saturated rings. The number of piperidine rings is 2. The van der Waals surface area contributed by atoms with Crippen molar-refractivity contribution in [3.63, 3.8) is 0 Å². The fraction of sp³-hybridized carbons (Fsp3) is 0.857. The summed E-state index contributed by atoms with van der Waals surface area (Å²) in [6.07, 6.45) is 3.73. The van der Waals surface area contributed by atoms with Crippen LogP contribution in [-0.4, -0.2) is 54.9 Å². The molecule has 7 nitrogen and oxygen atoms in total. The lowest BCUT2D eigenvalue weighted by Gasteiger charge is -2.29. The van der Waals surface area contributed by atoms with Gasteiger partial charge in [0, 0.05) is 31.5 Å². The van der Waals surface area contributed by atoms with Gasteiger partial charge in [0.25, 0.3) is 0 Å². The minimum absolute atomic E-state index is 0.164. The molecule has 0 radical (unpaired) electrons. The van der Waals surface area contributed by atoms with Crippen molar-refractivity contribution in [2.24, 2.45) is 0 Å². The Morgan fingerprint density at radius 2 is 1.86 bits per heavy atom. The molecule has 1 N–H and O–H groups in total. The van der Waals surface area contributed by atoms with Crippen LogP contribution in [-0.2, 0) is 10.0 Å². The summed E-state index contributed by atoms with van der Waals surface area (Å²) in [4.78, 5) is 0. The minimum Gasteiger partial charge on any atom is -0.425 e. The third-order valence-electron chi connectivity index (χ3n) is 4.66. The summed E-state index contributed by atoms with van der Waals surface area (Å²) in [7, 11) is -3.08. The van der Waals surface area contributed by atoms with Gasteiger partial charge in [-0.15, -0.1) is 10.2 Å². The first kappa shape index (κ1) is 15.9.